The van der Waals surface area contributed by atoms with E-state index in [-0.39, 0.29) is 6.04 Å². The predicted octanol–water partition coefficient (Wildman–Crippen LogP) is 1.84. The quantitative estimate of drug-likeness (QED) is 0.818. The number of hydrogen-bond acceptors (Lipinski definition) is 3. The molecule has 84 valence electrons. The van der Waals surface area contributed by atoms with Crippen LogP contribution in [0.1, 0.15) is 18.5 Å². The molecule has 2 rings (SSSR count). The fourth-order valence-electron chi connectivity index (χ4n) is 1.89. The maximum Gasteiger partial charge on any atom is 0.0702 e. The highest BCUT2D eigenvalue weighted by Gasteiger charge is 2.08. The minimum atomic E-state index is 0.231. The van der Waals surface area contributed by atoms with Crippen LogP contribution in [0.2, 0.25) is 0 Å². The smallest absolute Gasteiger partial charge is 0.0702 e. The average molecular weight is 215 g/mol. The Morgan fingerprint density at radius 3 is 3.00 bits per heavy atom. The van der Waals surface area contributed by atoms with Crippen LogP contribution in [-0.4, -0.2) is 18.1 Å². The van der Waals surface area contributed by atoms with Crippen LogP contribution < -0.4 is 11.1 Å². The number of rotatable bonds is 4. The molecule has 0 fully saturated rings. The van der Waals surface area contributed by atoms with Crippen molar-refractivity contribution in [3.8, 4) is 0 Å². The third-order valence-corrected chi connectivity index (χ3v) is 2.72. The highest BCUT2D eigenvalue weighted by Crippen LogP contribution is 2.18. The average Bonchev–Trinajstić information content (AvgIpc) is 2.35. The molecule has 1 atom stereocenters. The van der Waals surface area contributed by atoms with Crippen LogP contribution in [0.25, 0.3) is 10.9 Å². The van der Waals surface area contributed by atoms with Gasteiger partial charge in [-0.1, -0.05) is 19.1 Å². The van der Waals surface area contributed by atoms with Crippen LogP contribution in [0.4, 0.5) is 0 Å². The van der Waals surface area contributed by atoms with Gasteiger partial charge >= 0.3 is 0 Å². The Kier molecular flexibility index (Phi) is 3.49. The molecule has 1 aromatic heterocycles. The molecule has 0 spiro atoms. The van der Waals surface area contributed by atoms with Crippen LogP contribution in [0.15, 0.2) is 36.5 Å². The molecule has 1 aromatic carbocycles. The summed E-state index contributed by atoms with van der Waals surface area (Å²) in [6.45, 7) is 3.62. The minimum Gasteiger partial charge on any atom is -0.329 e. The summed E-state index contributed by atoms with van der Waals surface area (Å²) in [5, 5.41) is 4.53. The Morgan fingerprint density at radius 1 is 1.38 bits per heavy atom. The van der Waals surface area contributed by atoms with Crippen LogP contribution in [-0.2, 0) is 0 Å². The zero-order chi connectivity index (χ0) is 11.4. The summed E-state index contributed by atoms with van der Waals surface area (Å²) in [5.41, 5.74) is 8.01. The molecule has 2 aromatic rings. The van der Waals surface area contributed by atoms with E-state index in [0.717, 1.165) is 17.4 Å². The minimum absolute atomic E-state index is 0.231. The van der Waals surface area contributed by atoms with E-state index in [1.54, 1.807) is 0 Å². The van der Waals surface area contributed by atoms with Crippen molar-refractivity contribution in [1.82, 2.24) is 10.3 Å². The monoisotopic (exact) mass is 215 g/mol. The molecule has 0 radical (unpaired) electrons. The first-order valence-corrected chi connectivity index (χ1v) is 5.63. The van der Waals surface area contributed by atoms with E-state index in [0.29, 0.717) is 6.54 Å². The Labute approximate surface area is 95.7 Å². The van der Waals surface area contributed by atoms with Crippen molar-refractivity contribution >= 4 is 10.9 Å². The van der Waals surface area contributed by atoms with Crippen LogP contribution in [0, 0.1) is 0 Å². The summed E-state index contributed by atoms with van der Waals surface area (Å²) in [6, 6.07) is 10.6. The van der Waals surface area contributed by atoms with Gasteiger partial charge in [-0.05, 0) is 30.3 Å². The maximum atomic E-state index is 5.76. The first-order chi connectivity index (χ1) is 7.85. The highest BCUT2D eigenvalue weighted by molar-refractivity contribution is 5.79. The van der Waals surface area contributed by atoms with E-state index in [1.165, 1.54) is 5.56 Å². The normalized spacial score (nSPS) is 12.9. The third kappa shape index (κ3) is 2.21. The molecule has 16 heavy (non-hydrogen) atoms. The topological polar surface area (TPSA) is 50.9 Å². The second-order valence-corrected chi connectivity index (χ2v) is 3.80. The van der Waals surface area contributed by atoms with Gasteiger partial charge in [0.1, 0.15) is 0 Å². The molecule has 0 aliphatic rings. The summed E-state index contributed by atoms with van der Waals surface area (Å²) in [6.07, 6.45) is 1.81. The highest BCUT2D eigenvalue weighted by atomic mass is 14.9. The van der Waals surface area contributed by atoms with E-state index in [1.807, 2.05) is 18.3 Å². The number of nitrogens with zero attached hydrogens (tertiary/aromatic N) is 1. The first kappa shape index (κ1) is 11.0. The van der Waals surface area contributed by atoms with Gasteiger partial charge in [-0.15, -0.1) is 0 Å². The van der Waals surface area contributed by atoms with Gasteiger partial charge in [0.25, 0.3) is 0 Å². The second-order valence-electron chi connectivity index (χ2n) is 3.80. The lowest BCUT2D eigenvalue weighted by atomic mass is 10.0. The van der Waals surface area contributed by atoms with Gasteiger partial charge in [0.2, 0.25) is 0 Å². The Bertz CT molecular complexity index is 467. The number of likely N-dealkylation sites (N-methyl/N-ethyl adjacent to an activating group) is 1. The summed E-state index contributed by atoms with van der Waals surface area (Å²) >= 11 is 0. The summed E-state index contributed by atoms with van der Waals surface area (Å²) in [4.78, 5) is 4.30. The molecule has 0 saturated carbocycles. The summed E-state index contributed by atoms with van der Waals surface area (Å²) in [5.74, 6) is 0. The van der Waals surface area contributed by atoms with Gasteiger partial charge in [-0.3, -0.25) is 4.98 Å². The Balaban J connectivity index is 2.37. The zero-order valence-corrected chi connectivity index (χ0v) is 9.48. The number of pyridine rings is 1. The molecule has 1 heterocycles. The standard InChI is InChI=1S/C13H17N3/c1-2-15-13(9-14)11-5-6-12-10(8-11)4-3-7-16-12/h3-8,13,15H,2,9,14H2,1H3. The lowest BCUT2D eigenvalue weighted by molar-refractivity contribution is 0.562. The van der Waals surface area contributed by atoms with E-state index in [9.17, 15) is 0 Å². The molecule has 0 saturated heterocycles. The molecule has 3 nitrogen and oxygen atoms in total. The second kappa shape index (κ2) is 5.05. The van der Waals surface area contributed by atoms with Crippen LogP contribution >= 0.6 is 0 Å². The SMILES string of the molecule is CCNC(CN)c1ccc2ncccc2c1. The van der Waals surface area contributed by atoms with Crippen molar-refractivity contribution in [2.24, 2.45) is 5.73 Å². The molecule has 0 amide bonds. The lowest BCUT2D eigenvalue weighted by Crippen LogP contribution is -2.27. The largest absolute Gasteiger partial charge is 0.329 e. The van der Waals surface area contributed by atoms with Crippen molar-refractivity contribution in [3.63, 3.8) is 0 Å². The van der Waals surface area contributed by atoms with E-state index >= 15 is 0 Å². The first-order valence-electron chi connectivity index (χ1n) is 5.63. The predicted molar refractivity (Wildman–Crippen MR) is 67.2 cm³/mol. The summed E-state index contributed by atoms with van der Waals surface area (Å²) in [7, 11) is 0. The van der Waals surface area contributed by atoms with Crippen molar-refractivity contribution in [1.29, 1.82) is 0 Å². The maximum absolute atomic E-state index is 5.76. The van der Waals surface area contributed by atoms with E-state index < -0.39 is 0 Å². The van der Waals surface area contributed by atoms with Crippen molar-refractivity contribution in [3.05, 3.63) is 42.1 Å². The van der Waals surface area contributed by atoms with Gasteiger partial charge in [-0.2, -0.15) is 0 Å². The fraction of sp³-hybridized carbons (Fsp3) is 0.308. The molecule has 3 heteroatoms. The van der Waals surface area contributed by atoms with Crippen molar-refractivity contribution < 1.29 is 0 Å². The number of fused-ring (bicyclic) bond motifs is 1. The number of aromatic nitrogens is 1. The molecular formula is C13H17N3. The molecule has 0 bridgehead atoms. The van der Waals surface area contributed by atoms with Gasteiger partial charge in [0.05, 0.1) is 5.52 Å². The summed E-state index contributed by atoms with van der Waals surface area (Å²) < 4.78 is 0. The van der Waals surface area contributed by atoms with Crippen molar-refractivity contribution in [2.45, 2.75) is 13.0 Å². The van der Waals surface area contributed by atoms with Crippen molar-refractivity contribution in [2.75, 3.05) is 13.1 Å². The van der Waals surface area contributed by atoms with Crippen LogP contribution in [0.3, 0.4) is 0 Å². The van der Waals surface area contributed by atoms with Gasteiger partial charge < -0.3 is 11.1 Å². The number of nitrogens with two attached hydrogens (primary N) is 1. The van der Waals surface area contributed by atoms with E-state index in [2.05, 4.69) is 35.4 Å². The van der Waals surface area contributed by atoms with E-state index in [4.69, 9.17) is 5.73 Å². The molecule has 3 N–H and O–H groups in total. The van der Waals surface area contributed by atoms with Gasteiger partial charge in [0, 0.05) is 24.2 Å². The molecule has 1 unspecified atom stereocenters. The fourth-order valence-corrected chi connectivity index (χ4v) is 1.89. The number of benzene rings is 1. The lowest BCUT2D eigenvalue weighted by Gasteiger charge is -2.16. The zero-order valence-electron chi connectivity index (χ0n) is 9.48. The Morgan fingerprint density at radius 2 is 2.25 bits per heavy atom. The molecule has 0 aliphatic carbocycles. The number of hydrogen-bond donors (Lipinski definition) is 2. The van der Waals surface area contributed by atoms with Gasteiger partial charge in [0.15, 0.2) is 0 Å². The van der Waals surface area contributed by atoms with Gasteiger partial charge in [-0.25, -0.2) is 0 Å². The third-order valence-electron chi connectivity index (χ3n) is 2.72. The molecule has 0 aliphatic heterocycles. The number of nitrogens with one attached hydrogen (secondary N) is 1. The van der Waals surface area contributed by atoms with Crippen LogP contribution in [0.5, 0.6) is 0 Å². The Hall–Kier alpha value is -1.45. The molecular weight excluding hydrogens is 198 g/mol.